The van der Waals surface area contributed by atoms with Gasteiger partial charge in [0.05, 0.1) is 6.21 Å². The van der Waals surface area contributed by atoms with Gasteiger partial charge in [-0.25, -0.2) is 5.01 Å². The monoisotopic (exact) mass is 139 g/mol. The van der Waals surface area contributed by atoms with Gasteiger partial charge in [0, 0.05) is 18.9 Å². The van der Waals surface area contributed by atoms with Crippen LogP contribution in [0.25, 0.3) is 0 Å². The molecule has 0 N–H and O–H groups in total. The average molecular weight is 139 g/mol. The van der Waals surface area contributed by atoms with Crippen LogP contribution in [0.4, 0.5) is 0 Å². The Morgan fingerprint density at radius 2 is 2.30 bits per heavy atom. The van der Waals surface area contributed by atoms with Crippen molar-refractivity contribution in [3.8, 4) is 0 Å². The summed E-state index contributed by atoms with van der Waals surface area (Å²) in [5.41, 5.74) is -0.177. The normalized spacial score (nSPS) is 23.5. The molecule has 0 aromatic heterocycles. The molecule has 1 aliphatic rings. The Morgan fingerprint density at radius 3 is 2.70 bits per heavy atom. The lowest BCUT2D eigenvalue weighted by Gasteiger charge is -2.25. The lowest BCUT2D eigenvalue weighted by atomic mass is 9.90. The largest absolute Gasteiger partial charge is 0.273 e. The van der Waals surface area contributed by atoms with E-state index in [4.69, 9.17) is 0 Å². The molecule has 1 radical (unpaired) electrons. The zero-order chi connectivity index (χ0) is 7.78. The molecule has 0 aromatic carbocycles. The summed E-state index contributed by atoms with van der Waals surface area (Å²) in [4.78, 5) is 11.0. The SMILES string of the molecule is CN1N=[C]C(C)(C)CC1=O. The quantitative estimate of drug-likeness (QED) is 0.487. The van der Waals surface area contributed by atoms with Crippen molar-refractivity contribution < 1.29 is 4.79 Å². The Kier molecular flexibility index (Phi) is 1.50. The summed E-state index contributed by atoms with van der Waals surface area (Å²) in [6.45, 7) is 3.89. The van der Waals surface area contributed by atoms with Crippen molar-refractivity contribution in [2.75, 3.05) is 7.05 Å². The van der Waals surface area contributed by atoms with Crippen molar-refractivity contribution in [2.45, 2.75) is 20.3 Å². The van der Waals surface area contributed by atoms with Crippen molar-refractivity contribution in [1.29, 1.82) is 0 Å². The van der Waals surface area contributed by atoms with E-state index in [1.807, 2.05) is 13.8 Å². The third kappa shape index (κ3) is 1.35. The zero-order valence-electron chi connectivity index (χ0n) is 6.51. The summed E-state index contributed by atoms with van der Waals surface area (Å²) in [7, 11) is 1.64. The van der Waals surface area contributed by atoms with Crippen LogP contribution in [0.15, 0.2) is 5.10 Å². The van der Waals surface area contributed by atoms with Crippen LogP contribution in [-0.2, 0) is 4.79 Å². The van der Waals surface area contributed by atoms with Crippen LogP contribution in [0.5, 0.6) is 0 Å². The predicted molar refractivity (Wildman–Crippen MR) is 38.6 cm³/mol. The Morgan fingerprint density at radius 1 is 1.70 bits per heavy atom. The molecule has 0 atom stereocenters. The lowest BCUT2D eigenvalue weighted by Crippen LogP contribution is -2.33. The van der Waals surface area contributed by atoms with Gasteiger partial charge in [-0.3, -0.25) is 4.79 Å². The van der Waals surface area contributed by atoms with Crippen LogP contribution < -0.4 is 0 Å². The van der Waals surface area contributed by atoms with Crippen LogP contribution in [-0.4, -0.2) is 24.2 Å². The first-order valence-corrected chi connectivity index (χ1v) is 3.26. The van der Waals surface area contributed by atoms with Crippen LogP contribution in [0.3, 0.4) is 0 Å². The van der Waals surface area contributed by atoms with Gasteiger partial charge in [0.25, 0.3) is 0 Å². The molecule has 3 nitrogen and oxygen atoms in total. The van der Waals surface area contributed by atoms with Gasteiger partial charge in [-0.2, -0.15) is 5.10 Å². The molecule has 1 heterocycles. The predicted octanol–water partition coefficient (Wildman–Crippen LogP) is 0.738. The molecule has 1 rings (SSSR count). The van der Waals surface area contributed by atoms with Gasteiger partial charge in [-0.15, -0.1) is 0 Å². The first-order valence-electron chi connectivity index (χ1n) is 3.26. The second kappa shape index (κ2) is 2.08. The molecule has 0 aliphatic carbocycles. The summed E-state index contributed by atoms with van der Waals surface area (Å²) < 4.78 is 0. The highest BCUT2D eigenvalue weighted by Crippen LogP contribution is 2.21. The van der Waals surface area contributed by atoms with Crippen LogP contribution in [0.1, 0.15) is 20.3 Å². The van der Waals surface area contributed by atoms with E-state index in [0.29, 0.717) is 6.42 Å². The fourth-order valence-corrected chi connectivity index (χ4v) is 0.798. The zero-order valence-corrected chi connectivity index (χ0v) is 6.51. The number of carbonyl (C=O) groups is 1. The fourth-order valence-electron chi connectivity index (χ4n) is 0.798. The topological polar surface area (TPSA) is 32.7 Å². The minimum Gasteiger partial charge on any atom is -0.273 e. The van der Waals surface area contributed by atoms with Gasteiger partial charge in [0.2, 0.25) is 5.91 Å². The highest BCUT2D eigenvalue weighted by atomic mass is 16.2. The Bertz CT molecular complexity index is 184. The van der Waals surface area contributed by atoms with Gasteiger partial charge in [0.1, 0.15) is 0 Å². The van der Waals surface area contributed by atoms with Crippen LogP contribution >= 0.6 is 0 Å². The first-order chi connectivity index (χ1) is 4.51. The molecular formula is C7H11N2O. The van der Waals surface area contributed by atoms with Crippen molar-refractivity contribution in [2.24, 2.45) is 10.5 Å². The summed E-state index contributed by atoms with van der Waals surface area (Å²) in [5.74, 6) is 0.0590. The Labute approximate surface area is 60.7 Å². The molecule has 1 aliphatic heterocycles. The Hall–Kier alpha value is -0.860. The third-order valence-electron chi connectivity index (χ3n) is 1.46. The number of nitrogens with zero attached hydrogens (tertiary/aromatic N) is 2. The number of rotatable bonds is 0. The standard InChI is InChI=1S/C7H11N2O/c1-7(2)4-6(10)9(3)8-5-7/h4H2,1-3H3. The summed E-state index contributed by atoms with van der Waals surface area (Å²) in [6, 6.07) is 0. The van der Waals surface area contributed by atoms with E-state index in [-0.39, 0.29) is 11.3 Å². The van der Waals surface area contributed by atoms with E-state index in [0.717, 1.165) is 0 Å². The van der Waals surface area contributed by atoms with Crippen molar-refractivity contribution in [1.82, 2.24) is 5.01 Å². The molecular weight excluding hydrogens is 128 g/mol. The maximum absolute atomic E-state index is 11.0. The number of hydrogen-bond donors (Lipinski definition) is 0. The molecule has 3 heteroatoms. The maximum Gasteiger partial charge on any atom is 0.243 e. The number of hydrogen-bond acceptors (Lipinski definition) is 2. The van der Waals surface area contributed by atoms with E-state index < -0.39 is 0 Å². The van der Waals surface area contributed by atoms with Crippen molar-refractivity contribution in [3.05, 3.63) is 0 Å². The molecule has 0 fully saturated rings. The molecule has 1 amide bonds. The van der Waals surface area contributed by atoms with E-state index in [2.05, 4.69) is 11.3 Å². The smallest absolute Gasteiger partial charge is 0.243 e. The van der Waals surface area contributed by atoms with Gasteiger partial charge in [-0.1, -0.05) is 13.8 Å². The number of carbonyl (C=O) groups excluding carboxylic acids is 1. The molecule has 0 unspecified atom stereocenters. The number of hydrazone groups is 1. The summed E-state index contributed by atoms with van der Waals surface area (Å²) in [5, 5.41) is 5.12. The summed E-state index contributed by atoms with van der Waals surface area (Å²) >= 11 is 0. The molecule has 0 saturated heterocycles. The molecule has 0 spiro atoms. The Balaban J connectivity index is 2.79. The lowest BCUT2D eigenvalue weighted by molar-refractivity contribution is -0.132. The second-order valence-electron chi connectivity index (χ2n) is 3.19. The molecule has 55 valence electrons. The second-order valence-corrected chi connectivity index (χ2v) is 3.19. The molecule has 0 saturated carbocycles. The highest BCUT2D eigenvalue weighted by molar-refractivity contribution is 5.84. The van der Waals surface area contributed by atoms with E-state index in [9.17, 15) is 4.79 Å². The summed E-state index contributed by atoms with van der Waals surface area (Å²) in [6.07, 6.45) is 3.38. The third-order valence-corrected chi connectivity index (χ3v) is 1.46. The number of amides is 1. The molecule has 0 aromatic rings. The average Bonchev–Trinajstić information content (AvgIpc) is 1.79. The first kappa shape index (κ1) is 7.25. The van der Waals surface area contributed by atoms with E-state index in [1.54, 1.807) is 7.05 Å². The van der Waals surface area contributed by atoms with Crippen LogP contribution in [0, 0.1) is 5.41 Å². The minimum atomic E-state index is -0.177. The van der Waals surface area contributed by atoms with Gasteiger partial charge in [0.15, 0.2) is 0 Å². The van der Waals surface area contributed by atoms with Gasteiger partial charge >= 0.3 is 0 Å². The van der Waals surface area contributed by atoms with E-state index >= 15 is 0 Å². The van der Waals surface area contributed by atoms with Gasteiger partial charge < -0.3 is 0 Å². The van der Waals surface area contributed by atoms with Crippen LogP contribution in [0.2, 0.25) is 0 Å². The minimum absolute atomic E-state index is 0.0590. The highest BCUT2D eigenvalue weighted by Gasteiger charge is 2.26. The maximum atomic E-state index is 11.0. The van der Waals surface area contributed by atoms with E-state index in [1.165, 1.54) is 5.01 Å². The van der Waals surface area contributed by atoms with Crippen molar-refractivity contribution >= 4 is 12.1 Å². The molecule has 0 bridgehead atoms. The van der Waals surface area contributed by atoms with Crippen molar-refractivity contribution in [3.63, 3.8) is 0 Å². The van der Waals surface area contributed by atoms with Gasteiger partial charge in [-0.05, 0) is 0 Å². The molecule has 10 heavy (non-hydrogen) atoms. The fraction of sp³-hybridized carbons (Fsp3) is 0.714.